The zero-order chi connectivity index (χ0) is 23.5. The largest absolute Gasteiger partial charge is 0.496 e. The highest BCUT2D eigenvalue weighted by Crippen LogP contribution is 2.41. The Morgan fingerprint density at radius 2 is 1.91 bits per heavy atom. The summed E-state index contributed by atoms with van der Waals surface area (Å²) in [6, 6.07) is 12.5. The fourth-order valence-corrected chi connectivity index (χ4v) is 4.61. The Bertz CT molecular complexity index is 1170. The number of hydrogen-bond donors (Lipinski definition) is 1. The maximum atomic E-state index is 12.2. The summed E-state index contributed by atoms with van der Waals surface area (Å²) in [6.45, 7) is 6.45. The number of H-pyrrole nitrogens is 1. The van der Waals surface area contributed by atoms with Gasteiger partial charge in [0.25, 0.3) is 5.69 Å². The van der Waals surface area contributed by atoms with Crippen LogP contribution in [0.25, 0.3) is 10.9 Å². The molecule has 1 unspecified atom stereocenters. The molecule has 0 spiro atoms. The third-order valence-corrected chi connectivity index (χ3v) is 6.14. The predicted octanol–water partition coefficient (Wildman–Crippen LogP) is 4.26. The molecule has 2 heterocycles. The van der Waals surface area contributed by atoms with Gasteiger partial charge in [0.1, 0.15) is 5.75 Å². The normalized spacial score (nSPS) is 15.4. The topological polar surface area (TPSA) is 101 Å². The maximum Gasteiger partial charge on any atom is 0.409 e. The molecule has 0 aliphatic carbocycles. The number of rotatable bonds is 6. The summed E-state index contributed by atoms with van der Waals surface area (Å²) in [5, 5.41) is 12.3. The summed E-state index contributed by atoms with van der Waals surface area (Å²) in [4.78, 5) is 30.7. The van der Waals surface area contributed by atoms with E-state index < -0.39 is 0 Å². The second-order valence-electron chi connectivity index (χ2n) is 8.02. The summed E-state index contributed by atoms with van der Waals surface area (Å²) in [6.07, 6.45) is -0.301. The van der Waals surface area contributed by atoms with Crippen LogP contribution in [0.4, 0.5) is 10.5 Å². The van der Waals surface area contributed by atoms with Crippen LogP contribution >= 0.6 is 0 Å². The van der Waals surface area contributed by atoms with Gasteiger partial charge in [-0.3, -0.25) is 15.0 Å². The Morgan fingerprint density at radius 1 is 1.18 bits per heavy atom. The van der Waals surface area contributed by atoms with Crippen molar-refractivity contribution in [1.82, 2.24) is 14.8 Å². The SMILES string of the molecule is CCOC(=O)N1CCN(C(c2ccccc2OC)c2c(C)[nH]c3ccc([N+](=O)[O-])cc23)CC1. The minimum Gasteiger partial charge on any atom is -0.496 e. The highest BCUT2D eigenvalue weighted by molar-refractivity contribution is 5.87. The lowest BCUT2D eigenvalue weighted by molar-refractivity contribution is -0.384. The van der Waals surface area contributed by atoms with E-state index in [4.69, 9.17) is 9.47 Å². The number of methoxy groups -OCH3 is 1. The van der Waals surface area contributed by atoms with Crippen molar-refractivity contribution in [3.05, 3.63) is 69.4 Å². The molecular weight excluding hydrogens is 424 g/mol. The number of nitrogens with zero attached hydrogens (tertiary/aromatic N) is 3. The van der Waals surface area contributed by atoms with E-state index >= 15 is 0 Å². The zero-order valence-corrected chi connectivity index (χ0v) is 19.0. The minimum atomic E-state index is -0.373. The van der Waals surface area contributed by atoms with Crippen molar-refractivity contribution in [3.8, 4) is 5.75 Å². The molecule has 1 fully saturated rings. The highest BCUT2D eigenvalue weighted by Gasteiger charge is 2.33. The van der Waals surface area contributed by atoms with E-state index in [9.17, 15) is 14.9 Å². The van der Waals surface area contributed by atoms with E-state index in [-0.39, 0.29) is 22.7 Å². The molecule has 33 heavy (non-hydrogen) atoms. The molecule has 0 saturated carbocycles. The van der Waals surface area contributed by atoms with Gasteiger partial charge in [0, 0.05) is 66.0 Å². The van der Waals surface area contributed by atoms with Gasteiger partial charge in [0.05, 0.1) is 24.7 Å². The van der Waals surface area contributed by atoms with Gasteiger partial charge in [-0.05, 0) is 26.0 Å². The van der Waals surface area contributed by atoms with Crippen LogP contribution in [0.15, 0.2) is 42.5 Å². The van der Waals surface area contributed by atoms with Crippen molar-refractivity contribution in [2.75, 3.05) is 39.9 Å². The van der Waals surface area contributed by atoms with Crippen molar-refractivity contribution < 1.29 is 19.2 Å². The number of piperazine rings is 1. The summed E-state index contributed by atoms with van der Waals surface area (Å²) in [5.41, 5.74) is 3.78. The fraction of sp³-hybridized carbons (Fsp3) is 0.375. The number of benzene rings is 2. The third-order valence-electron chi connectivity index (χ3n) is 6.14. The van der Waals surface area contributed by atoms with Gasteiger partial charge >= 0.3 is 6.09 Å². The Morgan fingerprint density at radius 3 is 2.58 bits per heavy atom. The molecule has 1 N–H and O–H groups in total. The van der Waals surface area contributed by atoms with Crippen LogP contribution < -0.4 is 4.74 Å². The Hall–Kier alpha value is -3.59. The smallest absolute Gasteiger partial charge is 0.409 e. The van der Waals surface area contributed by atoms with Crippen molar-refractivity contribution in [1.29, 1.82) is 0 Å². The van der Waals surface area contributed by atoms with E-state index in [0.29, 0.717) is 32.8 Å². The highest BCUT2D eigenvalue weighted by atomic mass is 16.6. The van der Waals surface area contributed by atoms with Crippen molar-refractivity contribution in [2.24, 2.45) is 0 Å². The lowest BCUT2D eigenvalue weighted by atomic mass is 9.93. The van der Waals surface area contributed by atoms with E-state index in [0.717, 1.165) is 33.5 Å². The minimum absolute atomic E-state index is 0.0497. The van der Waals surface area contributed by atoms with Gasteiger partial charge in [-0.2, -0.15) is 0 Å². The Balaban J connectivity index is 1.80. The quantitative estimate of drug-likeness (QED) is 0.443. The standard InChI is InChI=1S/C24H28N4O5/c1-4-33-24(29)27-13-11-26(12-14-27)23(18-7-5-6-8-21(18)32-3)22-16(2)25-20-10-9-17(28(30)31)15-19(20)22/h5-10,15,23,25H,4,11-14H2,1-3H3. The molecule has 2 aromatic carbocycles. The maximum absolute atomic E-state index is 12.2. The average Bonchev–Trinajstić information content (AvgIpc) is 3.15. The molecule has 9 nitrogen and oxygen atoms in total. The second-order valence-corrected chi connectivity index (χ2v) is 8.02. The van der Waals surface area contributed by atoms with Gasteiger partial charge in [-0.1, -0.05) is 18.2 Å². The molecule has 1 aliphatic rings. The van der Waals surface area contributed by atoms with E-state index in [1.165, 1.54) is 6.07 Å². The number of aromatic nitrogens is 1. The number of nitrogens with one attached hydrogen (secondary N) is 1. The lowest BCUT2D eigenvalue weighted by Gasteiger charge is -2.39. The first-order chi connectivity index (χ1) is 15.9. The first-order valence-electron chi connectivity index (χ1n) is 11.0. The Labute approximate surface area is 192 Å². The van der Waals surface area contributed by atoms with Crippen molar-refractivity contribution in [2.45, 2.75) is 19.9 Å². The Kier molecular flexibility index (Phi) is 6.50. The monoisotopic (exact) mass is 452 g/mol. The fourth-order valence-electron chi connectivity index (χ4n) is 4.61. The van der Waals surface area contributed by atoms with Gasteiger partial charge in [-0.25, -0.2) is 4.79 Å². The second kappa shape index (κ2) is 9.50. The molecule has 1 aromatic heterocycles. The van der Waals surface area contributed by atoms with E-state index in [2.05, 4.69) is 9.88 Å². The third kappa shape index (κ3) is 4.36. The number of non-ortho nitro benzene ring substituents is 1. The van der Waals surface area contributed by atoms with Crippen LogP contribution in [0.1, 0.15) is 29.8 Å². The van der Waals surface area contributed by atoms with Crippen LogP contribution in [0.3, 0.4) is 0 Å². The van der Waals surface area contributed by atoms with Gasteiger partial charge < -0.3 is 19.4 Å². The molecule has 1 atom stereocenters. The first kappa shape index (κ1) is 22.6. The van der Waals surface area contributed by atoms with Crippen LogP contribution in [-0.2, 0) is 4.74 Å². The molecular formula is C24H28N4O5. The average molecular weight is 453 g/mol. The number of carbonyl (C=O) groups is 1. The van der Waals surface area contributed by atoms with Crippen LogP contribution in [0, 0.1) is 17.0 Å². The molecule has 0 radical (unpaired) electrons. The zero-order valence-electron chi connectivity index (χ0n) is 19.0. The molecule has 1 aliphatic heterocycles. The summed E-state index contributed by atoms with van der Waals surface area (Å²) in [7, 11) is 1.64. The van der Waals surface area contributed by atoms with Crippen molar-refractivity contribution in [3.63, 3.8) is 0 Å². The number of ether oxygens (including phenoxy) is 2. The summed E-state index contributed by atoms with van der Waals surface area (Å²) in [5.74, 6) is 0.745. The summed E-state index contributed by atoms with van der Waals surface area (Å²) >= 11 is 0. The predicted molar refractivity (Wildman–Crippen MR) is 125 cm³/mol. The summed E-state index contributed by atoms with van der Waals surface area (Å²) < 4.78 is 10.9. The molecule has 1 saturated heterocycles. The van der Waals surface area contributed by atoms with Gasteiger partial charge in [-0.15, -0.1) is 0 Å². The van der Waals surface area contributed by atoms with Crippen LogP contribution in [0.2, 0.25) is 0 Å². The van der Waals surface area contributed by atoms with E-state index in [1.807, 2.05) is 31.2 Å². The molecule has 1 amide bonds. The molecule has 9 heteroatoms. The van der Waals surface area contributed by atoms with Gasteiger partial charge in [0.2, 0.25) is 0 Å². The number of nitro groups is 1. The molecule has 0 bridgehead atoms. The number of carbonyl (C=O) groups excluding carboxylic acids is 1. The number of amides is 1. The number of aryl methyl sites for hydroxylation is 1. The number of fused-ring (bicyclic) bond motifs is 1. The number of nitro benzene ring substituents is 1. The van der Waals surface area contributed by atoms with Crippen molar-refractivity contribution >= 4 is 22.7 Å². The molecule has 3 aromatic rings. The van der Waals surface area contributed by atoms with Crippen LogP contribution in [-0.4, -0.2) is 65.7 Å². The van der Waals surface area contributed by atoms with E-state index in [1.54, 1.807) is 31.1 Å². The molecule has 174 valence electrons. The number of para-hydroxylation sites is 1. The first-order valence-corrected chi connectivity index (χ1v) is 11.0. The van der Waals surface area contributed by atoms with Crippen LogP contribution in [0.5, 0.6) is 5.75 Å². The number of aromatic amines is 1. The molecule has 4 rings (SSSR count). The lowest BCUT2D eigenvalue weighted by Crippen LogP contribution is -2.50. The van der Waals surface area contributed by atoms with Gasteiger partial charge in [0.15, 0.2) is 0 Å². The number of hydrogen-bond acceptors (Lipinski definition) is 6.